The molecule has 3 heteroatoms. The van der Waals surface area contributed by atoms with Crippen molar-refractivity contribution in [2.24, 2.45) is 5.92 Å². The summed E-state index contributed by atoms with van der Waals surface area (Å²) >= 11 is 0. The van der Waals surface area contributed by atoms with Crippen molar-refractivity contribution in [1.29, 1.82) is 5.26 Å². The quantitative estimate of drug-likeness (QED) is 0.636. The molecule has 0 amide bonds. The topological polar surface area (TPSA) is 36.3 Å². The Morgan fingerprint density at radius 3 is 3.23 bits per heavy atom. The molecule has 2 saturated heterocycles. The zero-order valence-corrected chi connectivity index (χ0v) is 7.91. The fraction of sp³-hybridized carbons (Fsp3) is 0.900. The van der Waals surface area contributed by atoms with Gasteiger partial charge in [0, 0.05) is 24.9 Å². The smallest absolute Gasteiger partial charge is 0.0635 e. The Bertz CT molecular complexity index is 211. The summed E-state index contributed by atoms with van der Waals surface area (Å²) < 4.78 is 5.48. The highest BCUT2D eigenvalue weighted by Crippen LogP contribution is 2.28. The first kappa shape index (κ1) is 8.98. The number of ether oxygens (including phenoxy) is 1. The van der Waals surface area contributed by atoms with Gasteiger partial charge in [0.1, 0.15) is 0 Å². The number of nitrogens with zero attached hydrogens (tertiary/aromatic N) is 2. The highest BCUT2D eigenvalue weighted by Gasteiger charge is 2.35. The summed E-state index contributed by atoms with van der Waals surface area (Å²) in [5.74, 6) is 0.743. The Hall–Kier alpha value is -0.590. The van der Waals surface area contributed by atoms with Gasteiger partial charge in [-0.2, -0.15) is 5.26 Å². The Morgan fingerprint density at radius 2 is 2.38 bits per heavy atom. The normalized spacial score (nSPS) is 34.1. The summed E-state index contributed by atoms with van der Waals surface area (Å²) in [7, 11) is 0. The van der Waals surface area contributed by atoms with Crippen LogP contribution in [0.15, 0.2) is 0 Å². The standard InChI is InChI=1S/C10H16N2O/c11-4-2-6-12-5-1-3-9-7-13-8-10(9)12/h9-10H,1-3,5-8H2/t9-,10+/m0/s1. The molecule has 2 aliphatic rings. The number of piperidine rings is 1. The van der Waals surface area contributed by atoms with Gasteiger partial charge >= 0.3 is 0 Å². The van der Waals surface area contributed by atoms with E-state index in [9.17, 15) is 0 Å². The second kappa shape index (κ2) is 4.08. The molecule has 2 rings (SSSR count). The molecule has 0 aromatic carbocycles. The number of hydrogen-bond acceptors (Lipinski definition) is 3. The highest BCUT2D eigenvalue weighted by atomic mass is 16.5. The van der Waals surface area contributed by atoms with Gasteiger partial charge in [-0.15, -0.1) is 0 Å². The molecule has 2 atom stereocenters. The van der Waals surface area contributed by atoms with Crippen LogP contribution in [0.2, 0.25) is 0 Å². The molecule has 0 N–H and O–H groups in total. The predicted octanol–water partition coefficient (Wildman–Crippen LogP) is 1.01. The molecular weight excluding hydrogens is 164 g/mol. The fourth-order valence-electron chi connectivity index (χ4n) is 2.46. The molecule has 2 heterocycles. The summed E-state index contributed by atoms with van der Waals surface area (Å²) in [5.41, 5.74) is 0. The molecule has 3 nitrogen and oxygen atoms in total. The van der Waals surface area contributed by atoms with Crippen LogP contribution in [0.25, 0.3) is 0 Å². The maximum Gasteiger partial charge on any atom is 0.0635 e. The van der Waals surface area contributed by atoms with Crippen molar-refractivity contribution in [2.75, 3.05) is 26.3 Å². The van der Waals surface area contributed by atoms with E-state index in [-0.39, 0.29) is 0 Å². The van der Waals surface area contributed by atoms with Crippen molar-refractivity contribution in [3.8, 4) is 6.07 Å². The Kier molecular flexibility index (Phi) is 2.82. The van der Waals surface area contributed by atoms with E-state index in [4.69, 9.17) is 10.00 Å². The summed E-state index contributed by atoms with van der Waals surface area (Å²) in [6.07, 6.45) is 3.24. The van der Waals surface area contributed by atoms with E-state index < -0.39 is 0 Å². The predicted molar refractivity (Wildman–Crippen MR) is 49.1 cm³/mol. The Labute approximate surface area is 79.3 Å². The maximum atomic E-state index is 8.53. The van der Waals surface area contributed by atoms with Gasteiger partial charge in [0.25, 0.3) is 0 Å². The first-order chi connectivity index (χ1) is 6.42. The second-order valence-corrected chi connectivity index (χ2v) is 3.95. The molecule has 0 saturated carbocycles. The van der Waals surface area contributed by atoms with Crippen LogP contribution in [0.5, 0.6) is 0 Å². The first-order valence-corrected chi connectivity index (χ1v) is 5.10. The monoisotopic (exact) mass is 180 g/mol. The van der Waals surface area contributed by atoms with E-state index in [0.717, 1.165) is 32.2 Å². The van der Waals surface area contributed by atoms with E-state index >= 15 is 0 Å². The molecule has 0 unspecified atom stereocenters. The van der Waals surface area contributed by atoms with Gasteiger partial charge in [0.2, 0.25) is 0 Å². The van der Waals surface area contributed by atoms with Crippen molar-refractivity contribution in [1.82, 2.24) is 4.90 Å². The molecule has 0 spiro atoms. The lowest BCUT2D eigenvalue weighted by molar-refractivity contribution is 0.119. The van der Waals surface area contributed by atoms with E-state index in [1.165, 1.54) is 12.8 Å². The average Bonchev–Trinajstić information content (AvgIpc) is 2.62. The van der Waals surface area contributed by atoms with Crippen LogP contribution in [0.1, 0.15) is 19.3 Å². The van der Waals surface area contributed by atoms with Crippen molar-refractivity contribution in [2.45, 2.75) is 25.3 Å². The number of hydrogen-bond donors (Lipinski definition) is 0. The minimum atomic E-state index is 0.613. The zero-order valence-electron chi connectivity index (χ0n) is 7.91. The largest absolute Gasteiger partial charge is 0.379 e. The molecule has 13 heavy (non-hydrogen) atoms. The molecule has 2 aliphatic heterocycles. The minimum absolute atomic E-state index is 0.613. The van der Waals surface area contributed by atoms with Crippen LogP contribution in [0, 0.1) is 17.2 Å². The van der Waals surface area contributed by atoms with Crippen LogP contribution in [-0.2, 0) is 4.74 Å². The van der Waals surface area contributed by atoms with Gasteiger partial charge in [-0.1, -0.05) is 0 Å². The van der Waals surface area contributed by atoms with Crippen LogP contribution in [-0.4, -0.2) is 37.2 Å². The van der Waals surface area contributed by atoms with Crippen LogP contribution in [0.4, 0.5) is 0 Å². The van der Waals surface area contributed by atoms with E-state index in [2.05, 4.69) is 11.0 Å². The summed E-state index contributed by atoms with van der Waals surface area (Å²) in [4.78, 5) is 2.43. The molecule has 2 fully saturated rings. The van der Waals surface area contributed by atoms with Crippen LogP contribution >= 0.6 is 0 Å². The SMILES string of the molecule is N#CCCN1CCC[C@H]2COC[C@H]21. The Balaban J connectivity index is 1.90. The van der Waals surface area contributed by atoms with Gasteiger partial charge in [0.05, 0.1) is 19.3 Å². The summed E-state index contributed by atoms with van der Waals surface area (Å²) in [6, 6.07) is 2.83. The highest BCUT2D eigenvalue weighted by molar-refractivity contribution is 4.89. The third-order valence-corrected chi connectivity index (χ3v) is 3.16. The number of rotatable bonds is 2. The minimum Gasteiger partial charge on any atom is -0.379 e. The summed E-state index contributed by atoms with van der Waals surface area (Å²) in [5, 5.41) is 8.53. The van der Waals surface area contributed by atoms with Gasteiger partial charge in [0.15, 0.2) is 0 Å². The van der Waals surface area contributed by atoms with Crippen molar-refractivity contribution < 1.29 is 4.74 Å². The molecular formula is C10H16N2O. The van der Waals surface area contributed by atoms with Crippen molar-refractivity contribution in [3.05, 3.63) is 0 Å². The molecule has 72 valence electrons. The molecule has 0 radical (unpaired) electrons. The lowest BCUT2D eigenvalue weighted by Gasteiger charge is -2.35. The van der Waals surface area contributed by atoms with Gasteiger partial charge in [-0.05, 0) is 19.4 Å². The Morgan fingerprint density at radius 1 is 1.46 bits per heavy atom. The summed E-state index contributed by atoms with van der Waals surface area (Å²) in [6.45, 7) is 3.91. The number of likely N-dealkylation sites (tertiary alicyclic amines) is 1. The molecule has 0 bridgehead atoms. The van der Waals surface area contributed by atoms with Crippen molar-refractivity contribution in [3.63, 3.8) is 0 Å². The number of nitriles is 1. The molecule has 0 aromatic heterocycles. The molecule has 0 aliphatic carbocycles. The average molecular weight is 180 g/mol. The number of fused-ring (bicyclic) bond motifs is 1. The van der Waals surface area contributed by atoms with E-state index in [1.807, 2.05) is 0 Å². The van der Waals surface area contributed by atoms with Gasteiger partial charge < -0.3 is 4.74 Å². The van der Waals surface area contributed by atoms with E-state index in [1.54, 1.807) is 0 Å². The second-order valence-electron chi connectivity index (χ2n) is 3.95. The first-order valence-electron chi connectivity index (χ1n) is 5.10. The van der Waals surface area contributed by atoms with E-state index in [0.29, 0.717) is 12.5 Å². The fourth-order valence-corrected chi connectivity index (χ4v) is 2.46. The molecule has 0 aromatic rings. The lowest BCUT2D eigenvalue weighted by Crippen LogP contribution is -2.45. The van der Waals surface area contributed by atoms with Gasteiger partial charge in [-0.3, -0.25) is 4.90 Å². The third kappa shape index (κ3) is 1.84. The van der Waals surface area contributed by atoms with Gasteiger partial charge in [-0.25, -0.2) is 0 Å². The van der Waals surface area contributed by atoms with Crippen molar-refractivity contribution >= 4 is 0 Å². The van der Waals surface area contributed by atoms with Crippen LogP contribution < -0.4 is 0 Å². The van der Waals surface area contributed by atoms with Crippen LogP contribution in [0.3, 0.4) is 0 Å². The third-order valence-electron chi connectivity index (χ3n) is 3.16. The lowest BCUT2D eigenvalue weighted by atomic mass is 9.92. The maximum absolute atomic E-state index is 8.53. The zero-order chi connectivity index (χ0) is 9.10.